The number of nitrogens with zero attached hydrogens (tertiary/aromatic N) is 2. The summed E-state index contributed by atoms with van der Waals surface area (Å²) in [5.74, 6) is -0.592. The van der Waals surface area contributed by atoms with E-state index in [0.29, 0.717) is 0 Å². The monoisotopic (exact) mass is 256 g/mol. The molecule has 0 aromatic heterocycles. The highest BCUT2D eigenvalue weighted by Gasteiger charge is 2.42. The van der Waals surface area contributed by atoms with Gasteiger partial charge in [0, 0.05) is 6.54 Å². The zero-order chi connectivity index (χ0) is 13.6. The van der Waals surface area contributed by atoms with Gasteiger partial charge < -0.3 is 14.9 Å². The molecule has 1 aliphatic rings. The standard InChI is InChI=1S/C14H28N2O2/c1-4-16(11-7-10-15(2)3)12-14(13(17)18)8-5-6-9-14/h4-12H2,1-3H3,(H,17,18). The lowest BCUT2D eigenvalue weighted by molar-refractivity contribution is -0.149. The van der Waals surface area contributed by atoms with Gasteiger partial charge in [-0.25, -0.2) is 0 Å². The molecule has 1 N–H and O–H groups in total. The van der Waals surface area contributed by atoms with Crippen LogP contribution in [-0.2, 0) is 4.79 Å². The SMILES string of the molecule is CCN(CCCN(C)C)CC1(C(=O)O)CCCC1. The topological polar surface area (TPSA) is 43.8 Å². The molecule has 4 heteroatoms. The van der Waals surface area contributed by atoms with Gasteiger partial charge in [0.05, 0.1) is 5.41 Å². The van der Waals surface area contributed by atoms with Crippen molar-refractivity contribution in [3.05, 3.63) is 0 Å². The third-order valence-electron chi connectivity index (χ3n) is 4.07. The fourth-order valence-corrected chi connectivity index (χ4v) is 2.88. The lowest BCUT2D eigenvalue weighted by Gasteiger charge is -2.31. The van der Waals surface area contributed by atoms with Crippen LogP contribution >= 0.6 is 0 Å². The highest BCUT2D eigenvalue weighted by molar-refractivity contribution is 5.75. The van der Waals surface area contributed by atoms with Gasteiger partial charge in [-0.3, -0.25) is 4.79 Å². The van der Waals surface area contributed by atoms with Crippen molar-refractivity contribution in [3.63, 3.8) is 0 Å². The van der Waals surface area contributed by atoms with Crippen LogP contribution in [0.4, 0.5) is 0 Å². The molecule has 0 aromatic rings. The largest absolute Gasteiger partial charge is 0.481 e. The number of hydrogen-bond acceptors (Lipinski definition) is 3. The van der Waals surface area contributed by atoms with Gasteiger partial charge in [-0.05, 0) is 53.0 Å². The second kappa shape index (κ2) is 7.10. The first-order chi connectivity index (χ1) is 8.50. The number of aliphatic carboxylic acids is 1. The third-order valence-corrected chi connectivity index (χ3v) is 4.07. The zero-order valence-corrected chi connectivity index (χ0v) is 12.1. The van der Waals surface area contributed by atoms with E-state index in [1.807, 2.05) is 0 Å². The Morgan fingerprint density at radius 1 is 1.22 bits per heavy atom. The van der Waals surface area contributed by atoms with E-state index in [1.54, 1.807) is 0 Å². The summed E-state index contributed by atoms with van der Waals surface area (Å²) in [5.41, 5.74) is -0.464. The van der Waals surface area contributed by atoms with Gasteiger partial charge in [-0.2, -0.15) is 0 Å². The zero-order valence-electron chi connectivity index (χ0n) is 12.1. The molecule has 106 valence electrons. The van der Waals surface area contributed by atoms with Gasteiger partial charge in [-0.15, -0.1) is 0 Å². The van der Waals surface area contributed by atoms with Crippen LogP contribution in [0.3, 0.4) is 0 Å². The van der Waals surface area contributed by atoms with Crippen LogP contribution in [0.5, 0.6) is 0 Å². The average Bonchev–Trinajstić information content (AvgIpc) is 2.77. The summed E-state index contributed by atoms with van der Waals surface area (Å²) in [6.07, 6.45) is 4.96. The molecule has 18 heavy (non-hydrogen) atoms. The first-order valence-electron chi connectivity index (χ1n) is 7.10. The lowest BCUT2D eigenvalue weighted by atomic mass is 9.85. The smallest absolute Gasteiger partial charge is 0.310 e. The number of carboxylic acid groups (broad SMARTS) is 1. The molecule has 1 saturated carbocycles. The molecule has 0 radical (unpaired) electrons. The Bertz CT molecular complexity index is 261. The molecule has 1 rings (SSSR count). The van der Waals surface area contributed by atoms with E-state index in [0.717, 1.165) is 58.3 Å². The maximum atomic E-state index is 11.5. The van der Waals surface area contributed by atoms with E-state index in [4.69, 9.17) is 0 Å². The summed E-state index contributed by atoms with van der Waals surface area (Å²) in [6.45, 7) is 5.87. The van der Waals surface area contributed by atoms with Gasteiger partial charge in [0.2, 0.25) is 0 Å². The maximum Gasteiger partial charge on any atom is 0.310 e. The minimum atomic E-state index is -0.592. The quantitative estimate of drug-likeness (QED) is 0.720. The van der Waals surface area contributed by atoms with Crippen molar-refractivity contribution in [3.8, 4) is 0 Å². The Hall–Kier alpha value is -0.610. The second-order valence-corrected chi connectivity index (χ2v) is 5.82. The molecule has 0 spiro atoms. The van der Waals surface area contributed by atoms with E-state index in [9.17, 15) is 9.90 Å². The predicted molar refractivity (Wildman–Crippen MR) is 73.8 cm³/mol. The van der Waals surface area contributed by atoms with Crippen LogP contribution in [0.25, 0.3) is 0 Å². The van der Waals surface area contributed by atoms with Crippen molar-refractivity contribution < 1.29 is 9.90 Å². The lowest BCUT2D eigenvalue weighted by Crippen LogP contribution is -2.42. The van der Waals surface area contributed by atoms with Crippen LogP contribution in [0.1, 0.15) is 39.0 Å². The highest BCUT2D eigenvalue weighted by atomic mass is 16.4. The van der Waals surface area contributed by atoms with Crippen LogP contribution in [0.2, 0.25) is 0 Å². The van der Waals surface area contributed by atoms with Crippen LogP contribution in [0, 0.1) is 5.41 Å². The van der Waals surface area contributed by atoms with E-state index in [2.05, 4.69) is 30.8 Å². The van der Waals surface area contributed by atoms with Gasteiger partial charge in [0.1, 0.15) is 0 Å². The Balaban J connectivity index is 2.47. The fraction of sp³-hybridized carbons (Fsp3) is 0.929. The van der Waals surface area contributed by atoms with E-state index < -0.39 is 11.4 Å². The van der Waals surface area contributed by atoms with Crippen molar-refractivity contribution in [2.75, 3.05) is 40.3 Å². The average molecular weight is 256 g/mol. The summed E-state index contributed by atoms with van der Waals surface area (Å²) in [7, 11) is 4.15. The molecule has 0 saturated heterocycles. The van der Waals surface area contributed by atoms with E-state index in [1.165, 1.54) is 0 Å². The van der Waals surface area contributed by atoms with Crippen molar-refractivity contribution in [1.82, 2.24) is 9.80 Å². The van der Waals surface area contributed by atoms with Crippen molar-refractivity contribution >= 4 is 5.97 Å². The summed E-state index contributed by atoms with van der Waals surface area (Å²) in [5, 5.41) is 9.49. The molecule has 0 heterocycles. The van der Waals surface area contributed by atoms with E-state index in [-0.39, 0.29) is 0 Å². The van der Waals surface area contributed by atoms with Gasteiger partial charge in [0.25, 0.3) is 0 Å². The Morgan fingerprint density at radius 3 is 2.28 bits per heavy atom. The molecule has 0 amide bonds. The summed E-state index contributed by atoms with van der Waals surface area (Å²) >= 11 is 0. The molecular formula is C14H28N2O2. The first kappa shape index (κ1) is 15.4. The molecule has 0 aromatic carbocycles. The van der Waals surface area contributed by atoms with Gasteiger partial charge in [-0.1, -0.05) is 19.8 Å². The van der Waals surface area contributed by atoms with Crippen molar-refractivity contribution in [1.29, 1.82) is 0 Å². The van der Waals surface area contributed by atoms with Gasteiger partial charge >= 0.3 is 5.97 Å². The minimum Gasteiger partial charge on any atom is -0.481 e. The minimum absolute atomic E-state index is 0.464. The molecule has 4 nitrogen and oxygen atoms in total. The van der Waals surface area contributed by atoms with Crippen molar-refractivity contribution in [2.24, 2.45) is 5.41 Å². The number of rotatable bonds is 8. The van der Waals surface area contributed by atoms with Crippen LogP contribution in [-0.4, -0.2) is 61.2 Å². The molecule has 1 fully saturated rings. The van der Waals surface area contributed by atoms with Gasteiger partial charge in [0.15, 0.2) is 0 Å². The molecule has 0 bridgehead atoms. The Labute approximate surface area is 111 Å². The molecular weight excluding hydrogens is 228 g/mol. The molecule has 0 atom stereocenters. The Kier molecular flexibility index (Phi) is 6.09. The molecule has 0 aliphatic heterocycles. The summed E-state index contributed by atoms with van der Waals surface area (Å²) in [4.78, 5) is 16.0. The third kappa shape index (κ3) is 4.25. The van der Waals surface area contributed by atoms with Crippen LogP contribution < -0.4 is 0 Å². The Morgan fingerprint density at radius 2 is 1.83 bits per heavy atom. The fourth-order valence-electron chi connectivity index (χ4n) is 2.88. The summed E-state index contributed by atoms with van der Waals surface area (Å²) < 4.78 is 0. The van der Waals surface area contributed by atoms with E-state index >= 15 is 0 Å². The predicted octanol–water partition coefficient (Wildman–Crippen LogP) is 1.90. The summed E-state index contributed by atoms with van der Waals surface area (Å²) in [6, 6.07) is 0. The first-order valence-corrected chi connectivity index (χ1v) is 7.10. The molecule has 0 unspecified atom stereocenters. The van der Waals surface area contributed by atoms with Crippen molar-refractivity contribution in [2.45, 2.75) is 39.0 Å². The number of hydrogen-bond donors (Lipinski definition) is 1. The maximum absolute atomic E-state index is 11.5. The second-order valence-electron chi connectivity index (χ2n) is 5.82. The molecule has 1 aliphatic carbocycles. The number of carbonyl (C=O) groups is 1. The number of carboxylic acids is 1. The highest BCUT2D eigenvalue weighted by Crippen LogP contribution is 2.39. The van der Waals surface area contributed by atoms with Crippen LogP contribution in [0.15, 0.2) is 0 Å². The normalized spacial score (nSPS) is 18.7.